The van der Waals surface area contributed by atoms with Crippen LogP contribution in [-0.2, 0) is 0 Å². The normalized spacial score (nSPS) is 15.0. The van der Waals surface area contributed by atoms with E-state index >= 15 is 0 Å². The van der Waals surface area contributed by atoms with Crippen molar-refractivity contribution in [2.75, 3.05) is 12.4 Å². The highest BCUT2D eigenvalue weighted by Gasteiger charge is 2.17. The van der Waals surface area contributed by atoms with Crippen LogP contribution in [0.4, 0.5) is 10.8 Å². The number of nitrogens with one attached hydrogen (secondary N) is 1. The molecule has 1 aliphatic carbocycles. The first-order chi connectivity index (χ1) is 12.8. The largest absolute Gasteiger partial charge is 0.495 e. The Morgan fingerprint density at radius 3 is 2.81 bits per heavy atom. The van der Waals surface area contributed by atoms with Gasteiger partial charge in [-0.15, -0.1) is 11.3 Å². The summed E-state index contributed by atoms with van der Waals surface area (Å²) >= 11 is 1.59. The Kier molecular flexibility index (Phi) is 5.16. The molecule has 4 nitrogen and oxygen atoms in total. The van der Waals surface area contributed by atoms with Crippen molar-refractivity contribution in [3.05, 3.63) is 53.7 Å². The molecule has 0 radical (unpaired) electrons. The van der Waals surface area contributed by atoms with Crippen LogP contribution < -0.4 is 10.1 Å². The summed E-state index contributed by atoms with van der Waals surface area (Å²) in [4.78, 5) is 8.87. The average molecular weight is 366 g/mol. The van der Waals surface area contributed by atoms with Crippen LogP contribution in [0, 0.1) is 0 Å². The molecule has 26 heavy (non-hydrogen) atoms. The number of ether oxygens (including phenoxy) is 1. The molecule has 1 aliphatic rings. The molecule has 5 heteroatoms. The number of rotatable bonds is 5. The first kappa shape index (κ1) is 17.0. The van der Waals surface area contributed by atoms with E-state index in [-0.39, 0.29) is 0 Å². The third kappa shape index (κ3) is 3.73. The lowest BCUT2D eigenvalue weighted by Crippen LogP contribution is -2.05. The third-order valence-electron chi connectivity index (χ3n) is 5.00. The minimum absolute atomic E-state index is 0.664. The summed E-state index contributed by atoms with van der Waals surface area (Å²) in [7, 11) is 1.71. The van der Waals surface area contributed by atoms with Gasteiger partial charge in [-0.3, -0.25) is 4.98 Å². The number of hydrogen-bond donors (Lipinski definition) is 1. The molecule has 2 aromatic heterocycles. The molecule has 0 aliphatic heterocycles. The fraction of sp³-hybridized carbons (Fsp3) is 0.333. The van der Waals surface area contributed by atoms with Gasteiger partial charge >= 0.3 is 0 Å². The summed E-state index contributed by atoms with van der Waals surface area (Å²) in [6.45, 7) is 0. The topological polar surface area (TPSA) is 47.0 Å². The lowest BCUT2D eigenvalue weighted by Gasteiger charge is -2.23. The summed E-state index contributed by atoms with van der Waals surface area (Å²) in [6, 6.07) is 10.5. The van der Waals surface area contributed by atoms with Crippen molar-refractivity contribution in [3.8, 4) is 17.0 Å². The van der Waals surface area contributed by atoms with Gasteiger partial charge in [0.1, 0.15) is 5.75 Å². The first-order valence-electron chi connectivity index (χ1n) is 9.14. The minimum atomic E-state index is 0.664. The third-order valence-corrected chi connectivity index (χ3v) is 5.76. The summed E-state index contributed by atoms with van der Waals surface area (Å²) in [5.74, 6) is 1.51. The van der Waals surface area contributed by atoms with E-state index in [1.165, 1.54) is 37.7 Å². The fourth-order valence-corrected chi connectivity index (χ4v) is 4.34. The van der Waals surface area contributed by atoms with E-state index in [0.29, 0.717) is 5.92 Å². The van der Waals surface area contributed by atoms with Crippen molar-refractivity contribution >= 4 is 22.2 Å². The molecule has 0 saturated heterocycles. The second-order valence-electron chi connectivity index (χ2n) is 6.70. The lowest BCUT2D eigenvalue weighted by molar-refractivity contribution is 0.415. The lowest BCUT2D eigenvalue weighted by atomic mass is 9.84. The summed E-state index contributed by atoms with van der Waals surface area (Å²) in [5.41, 5.74) is 4.35. The molecular formula is C21H23N3OS. The van der Waals surface area contributed by atoms with Crippen molar-refractivity contribution < 1.29 is 4.74 Å². The molecule has 0 unspecified atom stereocenters. The Hall–Kier alpha value is -2.40. The summed E-state index contributed by atoms with van der Waals surface area (Å²) < 4.78 is 5.56. The smallest absolute Gasteiger partial charge is 0.187 e. The Labute approximate surface area is 158 Å². The maximum Gasteiger partial charge on any atom is 0.187 e. The molecule has 3 aromatic rings. The van der Waals surface area contributed by atoms with Crippen LogP contribution in [0.3, 0.4) is 0 Å². The number of aromatic nitrogens is 2. The number of pyridine rings is 1. The van der Waals surface area contributed by atoms with Crippen molar-refractivity contribution in [1.29, 1.82) is 0 Å². The Morgan fingerprint density at radius 1 is 1.15 bits per heavy atom. The number of nitrogens with zero attached hydrogens (tertiary/aromatic N) is 2. The standard InChI is InChI=1S/C21H23N3OS/c1-25-20-10-9-16(15-6-3-2-4-7-15)12-18(20)23-21-24-19(14-26-21)17-8-5-11-22-13-17/h5,8-15H,2-4,6-7H2,1H3,(H,23,24). The van der Waals surface area contributed by atoms with E-state index in [1.54, 1.807) is 24.6 Å². The highest BCUT2D eigenvalue weighted by atomic mass is 32.1. The molecule has 1 saturated carbocycles. The minimum Gasteiger partial charge on any atom is -0.495 e. The van der Waals surface area contributed by atoms with Gasteiger partial charge in [0, 0.05) is 23.3 Å². The molecule has 134 valence electrons. The molecule has 2 heterocycles. The van der Waals surface area contributed by atoms with E-state index in [0.717, 1.165) is 27.8 Å². The summed E-state index contributed by atoms with van der Waals surface area (Å²) in [5, 5.41) is 6.37. The molecule has 4 rings (SSSR count). The Bertz CT molecular complexity index is 857. The van der Waals surface area contributed by atoms with Crippen molar-refractivity contribution in [3.63, 3.8) is 0 Å². The van der Waals surface area contributed by atoms with Gasteiger partial charge in [0.05, 0.1) is 18.5 Å². The van der Waals surface area contributed by atoms with Crippen LogP contribution in [0.15, 0.2) is 48.1 Å². The molecule has 0 spiro atoms. The van der Waals surface area contributed by atoms with Gasteiger partial charge in [0.2, 0.25) is 0 Å². The number of thiazole rings is 1. The molecule has 1 fully saturated rings. The predicted molar refractivity (Wildman–Crippen MR) is 107 cm³/mol. The van der Waals surface area contributed by atoms with Gasteiger partial charge in [-0.2, -0.15) is 0 Å². The van der Waals surface area contributed by atoms with E-state index in [1.807, 2.05) is 18.3 Å². The Balaban J connectivity index is 1.58. The van der Waals surface area contributed by atoms with Gasteiger partial charge in [-0.1, -0.05) is 25.3 Å². The maximum absolute atomic E-state index is 5.56. The van der Waals surface area contributed by atoms with E-state index in [4.69, 9.17) is 9.72 Å². The van der Waals surface area contributed by atoms with Crippen LogP contribution in [0.1, 0.15) is 43.6 Å². The van der Waals surface area contributed by atoms with Gasteiger partial charge in [0.25, 0.3) is 0 Å². The monoisotopic (exact) mass is 365 g/mol. The van der Waals surface area contributed by atoms with Gasteiger partial charge in [0.15, 0.2) is 5.13 Å². The predicted octanol–water partition coefficient (Wildman–Crippen LogP) is 6.01. The van der Waals surface area contributed by atoms with Gasteiger partial charge in [-0.25, -0.2) is 4.98 Å². The highest BCUT2D eigenvalue weighted by Crippen LogP contribution is 2.38. The molecule has 0 amide bonds. The number of hydrogen-bond acceptors (Lipinski definition) is 5. The fourth-order valence-electron chi connectivity index (χ4n) is 3.61. The van der Waals surface area contributed by atoms with E-state index in [9.17, 15) is 0 Å². The highest BCUT2D eigenvalue weighted by molar-refractivity contribution is 7.14. The number of benzene rings is 1. The van der Waals surface area contributed by atoms with Crippen LogP contribution in [0.5, 0.6) is 5.75 Å². The van der Waals surface area contributed by atoms with Crippen LogP contribution >= 0.6 is 11.3 Å². The number of anilines is 2. The van der Waals surface area contributed by atoms with Crippen LogP contribution in [0.25, 0.3) is 11.3 Å². The molecule has 0 atom stereocenters. The molecule has 1 N–H and O–H groups in total. The van der Waals surface area contributed by atoms with E-state index in [2.05, 4.69) is 33.9 Å². The van der Waals surface area contributed by atoms with Crippen LogP contribution in [-0.4, -0.2) is 17.1 Å². The quantitative estimate of drug-likeness (QED) is 0.602. The van der Waals surface area contributed by atoms with Crippen molar-refractivity contribution in [1.82, 2.24) is 9.97 Å². The van der Waals surface area contributed by atoms with Crippen LogP contribution in [0.2, 0.25) is 0 Å². The molecule has 0 bridgehead atoms. The van der Waals surface area contributed by atoms with E-state index < -0.39 is 0 Å². The summed E-state index contributed by atoms with van der Waals surface area (Å²) in [6.07, 6.45) is 10.2. The Morgan fingerprint density at radius 2 is 2.04 bits per heavy atom. The van der Waals surface area contributed by atoms with Crippen molar-refractivity contribution in [2.24, 2.45) is 0 Å². The second kappa shape index (κ2) is 7.87. The molecule has 1 aromatic carbocycles. The molecular weight excluding hydrogens is 342 g/mol. The second-order valence-corrected chi connectivity index (χ2v) is 7.56. The van der Waals surface area contributed by atoms with Gasteiger partial charge in [-0.05, 0) is 48.6 Å². The zero-order valence-electron chi connectivity index (χ0n) is 14.9. The zero-order chi connectivity index (χ0) is 17.8. The zero-order valence-corrected chi connectivity index (χ0v) is 15.8. The maximum atomic E-state index is 5.56. The SMILES string of the molecule is COc1ccc(C2CCCCC2)cc1Nc1nc(-c2cccnc2)cs1. The first-order valence-corrected chi connectivity index (χ1v) is 10.0. The van der Waals surface area contributed by atoms with Gasteiger partial charge < -0.3 is 10.1 Å². The van der Waals surface area contributed by atoms with Crippen molar-refractivity contribution in [2.45, 2.75) is 38.0 Å². The average Bonchev–Trinajstić information content (AvgIpc) is 3.18. The number of methoxy groups -OCH3 is 1.